The summed E-state index contributed by atoms with van der Waals surface area (Å²) >= 11 is 1.45. The Morgan fingerprint density at radius 1 is 0.875 bits per heavy atom. The summed E-state index contributed by atoms with van der Waals surface area (Å²) in [5.74, 6) is 0.136. The topological polar surface area (TPSA) is 100 Å². The maximum absolute atomic E-state index is 13.4. The minimum atomic E-state index is -3.94. The van der Waals surface area contributed by atoms with Crippen LogP contribution in [0.5, 0.6) is 0 Å². The number of benzene rings is 3. The van der Waals surface area contributed by atoms with Gasteiger partial charge in [0.2, 0.25) is 10.0 Å². The number of hydrogen-bond acceptors (Lipinski definition) is 8. The molecule has 8 nitrogen and oxygen atoms in total. The zero-order valence-electron chi connectivity index (χ0n) is 22.5. The zero-order valence-corrected chi connectivity index (χ0v) is 24.2. The van der Waals surface area contributed by atoms with Crippen LogP contribution in [0.25, 0.3) is 0 Å². The first-order valence-corrected chi connectivity index (χ1v) is 15.7. The van der Waals surface area contributed by atoms with Gasteiger partial charge in [-0.05, 0) is 29.0 Å². The second-order valence-electron chi connectivity index (χ2n) is 9.29. The van der Waals surface area contributed by atoms with E-state index in [2.05, 4.69) is 4.72 Å². The second kappa shape index (κ2) is 14.8. The van der Waals surface area contributed by atoms with Gasteiger partial charge in [0.15, 0.2) is 6.10 Å². The van der Waals surface area contributed by atoms with Crippen LogP contribution in [0, 0.1) is 0 Å². The third-order valence-electron chi connectivity index (χ3n) is 6.30. The second-order valence-corrected chi connectivity index (χ2v) is 12.4. The van der Waals surface area contributed by atoms with Crippen molar-refractivity contribution in [2.45, 2.75) is 61.7 Å². The van der Waals surface area contributed by atoms with Crippen LogP contribution in [0.15, 0.2) is 95.9 Å². The highest BCUT2D eigenvalue weighted by Crippen LogP contribution is 2.33. The highest BCUT2D eigenvalue weighted by Gasteiger charge is 2.50. The molecule has 0 aliphatic carbocycles. The Kier molecular flexibility index (Phi) is 11.2. The number of sulfonamides is 1. The van der Waals surface area contributed by atoms with Gasteiger partial charge >= 0.3 is 5.97 Å². The largest absolute Gasteiger partial charge is 0.457 e. The van der Waals surface area contributed by atoms with Crippen molar-refractivity contribution in [3.63, 3.8) is 0 Å². The van der Waals surface area contributed by atoms with E-state index in [0.29, 0.717) is 12.4 Å². The Bertz CT molecular complexity index is 1290. The molecule has 4 rings (SSSR count). The highest BCUT2D eigenvalue weighted by molar-refractivity contribution is 7.99. The van der Waals surface area contributed by atoms with E-state index in [1.807, 2.05) is 67.6 Å². The van der Waals surface area contributed by atoms with Gasteiger partial charge in [0.1, 0.15) is 17.6 Å². The fourth-order valence-electron chi connectivity index (χ4n) is 4.48. The van der Waals surface area contributed by atoms with E-state index in [1.54, 1.807) is 18.2 Å². The van der Waals surface area contributed by atoms with E-state index >= 15 is 0 Å². The first kappa shape index (κ1) is 30.2. The van der Waals surface area contributed by atoms with E-state index in [-0.39, 0.29) is 18.1 Å². The Morgan fingerprint density at radius 3 is 2.02 bits per heavy atom. The summed E-state index contributed by atoms with van der Waals surface area (Å²) in [6.07, 6.45) is -2.46. The number of nitrogens with one attached hydrogen (secondary N) is 1. The molecule has 40 heavy (non-hydrogen) atoms. The Labute approximate surface area is 240 Å². The number of ether oxygens (including phenoxy) is 4. The molecule has 10 heteroatoms. The third-order valence-corrected chi connectivity index (χ3v) is 8.84. The molecule has 1 aliphatic heterocycles. The molecule has 5 atom stereocenters. The molecule has 0 amide bonds. The van der Waals surface area contributed by atoms with Gasteiger partial charge in [-0.2, -0.15) is 0 Å². The molecule has 1 saturated heterocycles. The monoisotopic (exact) mass is 585 g/mol. The SMILES string of the molecule is CCS[C@@H]1OC(COCc2ccccc2)[C@H](OC(C)=O)[C@H](OCc2ccccc2)C1NS(=O)(=O)c1ccccc1. The number of esters is 1. The molecule has 0 spiro atoms. The molecule has 1 N–H and O–H groups in total. The number of carbonyl (C=O) groups excluding carboxylic acids is 1. The van der Waals surface area contributed by atoms with E-state index in [1.165, 1.54) is 30.8 Å². The molecule has 2 unspecified atom stereocenters. The normalized spacial score (nSPS) is 23.0. The lowest BCUT2D eigenvalue weighted by atomic mass is 9.98. The average Bonchev–Trinajstić information content (AvgIpc) is 2.96. The lowest BCUT2D eigenvalue weighted by Crippen LogP contribution is -2.65. The zero-order chi connectivity index (χ0) is 28.4. The van der Waals surface area contributed by atoms with Crippen LogP contribution in [0.1, 0.15) is 25.0 Å². The van der Waals surface area contributed by atoms with E-state index in [9.17, 15) is 13.2 Å². The number of hydrogen-bond donors (Lipinski definition) is 1. The van der Waals surface area contributed by atoms with Crippen molar-refractivity contribution in [2.75, 3.05) is 12.4 Å². The summed E-state index contributed by atoms with van der Waals surface area (Å²) in [7, 11) is -3.94. The average molecular weight is 586 g/mol. The molecule has 1 heterocycles. The van der Waals surface area contributed by atoms with Crippen molar-refractivity contribution in [1.29, 1.82) is 0 Å². The summed E-state index contributed by atoms with van der Waals surface area (Å²) < 4.78 is 54.3. The molecule has 0 saturated carbocycles. The molecule has 1 aliphatic rings. The number of thioether (sulfide) groups is 1. The van der Waals surface area contributed by atoms with E-state index in [0.717, 1.165) is 11.1 Å². The lowest BCUT2D eigenvalue weighted by Gasteiger charge is -2.45. The van der Waals surface area contributed by atoms with Crippen molar-refractivity contribution in [1.82, 2.24) is 4.72 Å². The van der Waals surface area contributed by atoms with Gasteiger partial charge in [-0.15, -0.1) is 11.8 Å². The standard InChI is InChI=1S/C30H35NO7S2/c1-3-39-30-27(31-40(33,34)25-17-11-6-12-18-25)29(36-20-24-15-9-5-10-16-24)28(37-22(2)32)26(38-30)21-35-19-23-13-7-4-8-14-23/h4-18,26-31H,3,19-21H2,1-2H3/t26?,27?,28-,29+,30-/m0/s1. The number of carbonyl (C=O) groups is 1. The van der Waals surface area contributed by atoms with E-state index < -0.39 is 45.8 Å². The molecule has 3 aromatic carbocycles. The molecule has 1 fully saturated rings. The van der Waals surface area contributed by atoms with Gasteiger partial charge in [0.05, 0.1) is 30.8 Å². The molecule has 214 valence electrons. The van der Waals surface area contributed by atoms with Crippen LogP contribution in [0.3, 0.4) is 0 Å². The summed E-state index contributed by atoms with van der Waals surface area (Å²) in [4.78, 5) is 12.4. The predicted octanol–water partition coefficient (Wildman–Crippen LogP) is 4.55. The predicted molar refractivity (Wildman–Crippen MR) is 154 cm³/mol. The minimum Gasteiger partial charge on any atom is -0.457 e. The van der Waals surface area contributed by atoms with Gasteiger partial charge in [0.25, 0.3) is 0 Å². The lowest BCUT2D eigenvalue weighted by molar-refractivity contribution is -0.211. The third kappa shape index (κ3) is 8.39. The number of rotatable bonds is 13. The Balaban J connectivity index is 1.64. The maximum Gasteiger partial charge on any atom is 0.303 e. The summed E-state index contributed by atoms with van der Waals surface area (Å²) in [5, 5.41) is 0. The molecule has 0 bridgehead atoms. The first-order valence-electron chi connectivity index (χ1n) is 13.2. The smallest absolute Gasteiger partial charge is 0.303 e. The van der Waals surface area contributed by atoms with Crippen LogP contribution in [-0.2, 0) is 47.0 Å². The molecular weight excluding hydrogens is 550 g/mol. The molecule has 0 aromatic heterocycles. The van der Waals surface area contributed by atoms with Gasteiger partial charge < -0.3 is 18.9 Å². The van der Waals surface area contributed by atoms with Crippen molar-refractivity contribution in [3.8, 4) is 0 Å². The van der Waals surface area contributed by atoms with Crippen molar-refractivity contribution >= 4 is 27.8 Å². The summed E-state index contributed by atoms with van der Waals surface area (Å²) in [6.45, 7) is 3.94. The van der Waals surface area contributed by atoms with Crippen LogP contribution in [0.4, 0.5) is 0 Å². The van der Waals surface area contributed by atoms with Crippen molar-refractivity contribution in [2.24, 2.45) is 0 Å². The quantitative estimate of drug-likeness (QED) is 0.292. The van der Waals surface area contributed by atoms with Gasteiger partial charge in [-0.25, -0.2) is 13.1 Å². The summed E-state index contributed by atoms with van der Waals surface area (Å²) in [6, 6.07) is 26.5. The van der Waals surface area contributed by atoms with Crippen LogP contribution >= 0.6 is 11.8 Å². The Morgan fingerprint density at radius 2 is 1.45 bits per heavy atom. The van der Waals surface area contributed by atoms with Gasteiger partial charge in [-0.3, -0.25) is 4.79 Å². The van der Waals surface area contributed by atoms with Gasteiger partial charge in [-0.1, -0.05) is 85.8 Å². The Hall–Kier alpha value is -2.73. The van der Waals surface area contributed by atoms with Crippen LogP contribution in [0.2, 0.25) is 0 Å². The fourth-order valence-corrected chi connectivity index (χ4v) is 6.82. The van der Waals surface area contributed by atoms with Crippen LogP contribution < -0.4 is 4.72 Å². The van der Waals surface area contributed by atoms with Crippen molar-refractivity contribution < 1.29 is 32.2 Å². The molecule has 3 aromatic rings. The van der Waals surface area contributed by atoms with Gasteiger partial charge in [0, 0.05) is 6.92 Å². The fraction of sp³-hybridized carbons (Fsp3) is 0.367. The minimum absolute atomic E-state index is 0.120. The van der Waals surface area contributed by atoms with Crippen molar-refractivity contribution in [3.05, 3.63) is 102 Å². The van der Waals surface area contributed by atoms with E-state index in [4.69, 9.17) is 18.9 Å². The molecular formula is C30H35NO7S2. The van der Waals surface area contributed by atoms with Crippen LogP contribution in [-0.4, -0.2) is 56.5 Å². The maximum atomic E-state index is 13.4. The summed E-state index contributed by atoms with van der Waals surface area (Å²) in [5.41, 5.74) is 1.27. The molecule has 0 radical (unpaired) electrons. The first-order chi connectivity index (χ1) is 19.4. The highest BCUT2D eigenvalue weighted by atomic mass is 32.2.